The van der Waals surface area contributed by atoms with E-state index in [1.165, 1.54) is 19.5 Å². The predicted octanol–water partition coefficient (Wildman–Crippen LogP) is 0.0314. The standard InChI is InChI=1S/C11H15BN2O4/c1-11(2)6-17-12(18-7-11)9-5-13-4-8(14-9)10(15)16-3/h4-5H,6-7H2,1-3H3. The minimum atomic E-state index is -0.574. The van der Waals surface area contributed by atoms with Gasteiger partial charge in [-0.1, -0.05) is 13.8 Å². The molecule has 0 aromatic carbocycles. The smallest absolute Gasteiger partial charge is 0.464 e. The van der Waals surface area contributed by atoms with Gasteiger partial charge < -0.3 is 14.0 Å². The first-order valence-corrected chi connectivity index (χ1v) is 5.65. The molecule has 0 saturated carbocycles. The van der Waals surface area contributed by atoms with E-state index < -0.39 is 13.1 Å². The van der Waals surface area contributed by atoms with Crippen molar-refractivity contribution in [3.63, 3.8) is 0 Å². The molecule has 1 aromatic rings. The number of hydrogen-bond donors (Lipinski definition) is 0. The molecule has 1 aliphatic rings. The van der Waals surface area contributed by atoms with Gasteiger partial charge in [0.25, 0.3) is 0 Å². The van der Waals surface area contributed by atoms with Gasteiger partial charge in [-0.05, 0) is 0 Å². The Morgan fingerprint density at radius 2 is 2.06 bits per heavy atom. The van der Waals surface area contributed by atoms with Gasteiger partial charge in [-0.15, -0.1) is 0 Å². The van der Waals surface area contributed by atoms with Gasteiger partial charge in [-0.3, -0.25) is 4.98 Å². The predicted molar refractivity (Wildman–Crippen MR) is 64.4 cm³/mol. The molecule has 0 aliphatic carbocycles. The van der Waals surface area contributed by atoms with Crippen molar-refractivity contribution in [2.24, 2.45) is 5.41 Å². The van der Waals surface area contributed by atoms with Crippen LogP contribution in [0, 0.1) is 5.41 Å². The third-order valence-electron chi connectivity index (χ3n) is 2.54. The van der Waals surface area contributed by atoms with Crippen LogP contribution in [0.1, 0.15) is 24.3 Å². The molecule has 96 valence electrons. The summed E-state index contributed by atoms with van der Waals surface area (Å²) in [5.41, 5.74) is 0.615. The fourth-order valence-corrected chi connectivity index (χ4v) is 1.56. The first-order chi connectivity index (χ1) is 8.52. The normalized spacial score (nSPS) is 18.5. The zero-order chi connectivity index (χ0) is 13.2. The molecule has 0 atom stereocenters. The van der Waals surface area contributed by atoms with Crippen LogP contribution < -0.4 is 5.59 Å². The molecule has 0 radical (unpaired) electrons. The Kier molecular flexibility index (Phi) is 3.63. The van der Waals surface area contributed by atoms with Crippen LogP contribution in [0.5, 0.6) is 0 Å². The van der Waals surface area contributed by atoms with Crippen molar-refractivity contribution in [3.8, 4) is 0 Å². The minimum absolute atomic E-state index is 0.0100. The number of aromatic nitrogens is 2. The van der Waals surface area contributed by atoms with Gasteiger partial charge in [0.05, 0.1) is 18.9 Å². The van der Waals surface area contributed by atoms with Crippen LogP contribution in [-0.2, 0) is 14.0 Å². The Balaban J connectivity index is 2.12. The van der Waals surface area contributed by atoms with E-state index in [1.807, 2.05) is 0 Å². The van der Waals surface area contributed by atoms with Gasteiger partial charge in [0.2, 0.25) is 0 Å². The van der Waals surface area contributed by atoms with Crippen molar-refractivity contribution in [2.45, 2.75) is 13.8 Å². The van der Waals surface area contributed by atoms with Gasteiger partial charge in [0, 0.05) is 24.8 Å². The Hall–Kier alpha value is -1.47. The van der Waals surface area contributed by atoms with E-state index in [0.29, 0.717) is 18.8 Å². The van der Waals surface area contributed by atoms with Crippen molar-refractivity contribution < 1.29 is 18.8 Å². The second-order valence-corrected chi connectivity index (χ2v) is 4.94. The van der Waals surface area contributed by atoms with Crippen LogP contribution in [0.2, 0.25) is 0 Å². The fraction of sp³-hybridized carbons (Fsp3) is 0.545. The molecule has 0 amide bonds. The second-order valence-electron chi connectivity index (χ2n) is 4.94. The summed E-state index contributed by atoms with van der Waals surface area (Å²) in [5.74, 6) is -0.527. The first kappa shape index (κ1) is 13.0. The van der Waals surface area contributed by atoms with E-state index in [0.717, 1.165) is 0 Å². The molecular formula is C11H15BN2O4. The second kappa shape index (κ2) is 5.03. The molecule has 1 aromatic heterocycles. The maximum atomic E-state index is 11.3. The molecule has 0 bridgehead atoms. The van der Waals surface area contributed by atoms with E-state index in [2.05, 4.69) is 28.6 Å². The van der Waals surface area contributed by atoms with Crippen LogP contribution in [0.3, 0.4) is 0 Å². The molecule has 0 spiro atoms. The third kappa shape index (κ3) is 2.86. The molecule has 1 saturated heterocycles. The molecule has 0 unspecified atom stereocenters. The summed E-state index contributed by atoms with van der Waals surface area (Å²) in [4.78, 5) is 19.4. The van der Waals surface area contributed by atoms with E-state index in [9.17, 15) is 4.79 Å². The highest BCUT2D eigenvalue weighted by molar-refractivity contribution is 6.60. The average Bonchev–Trinajstić information content (AvgIpc) is 2.38. The number of hydrogen-bond acceptors (Lipinski definition) is 6. The largest absolute Gasteiger partial charge is 0.515 e. The van der Waals surface area contributed by atoms with E-state index in [4.69, 9.17) is 9.31 Å². The molecule has 1 aliphatic heterocycles. The molecule has 18 heavy (non-hydrogen) atoms. The van der Waals surface area contributed by atoms with Crippen molar-refractivity contribution in [3.05, 3.63) is 18.1 Å². The summed E-state index contributed by atoms with van der Waals surface area (Å²) in [7, 11) is 0.724. The Labute approximate surface area is 106 Å². The number of carbonyl (C=O) groups is 1. The monoisotopic (exact) mass is 250 g/mol. The lowest BCUT2D eigenvalue weighted by atomic mass is 9.80. The molecule has 2 heterocycles. The zero-order valence-corrected chi connectivity index (χ0v) is 10.7. The molecule has 0 N–H and O–H groups in total. The van der Waals surface area contributed by atoms with Crippen LogP contribution in [0.4, 0.5) is 0 Å². The van der Waals surface area contributed by atoms with Gasteiger partial charge >= 0.3 is 13.1 Å². The van der Waals surface area contributed by atoms with Gasteiger partial charge in [0.15, 0.2) is 5.69 Å². The number of methoxy groups -OCH3 is 1. The average molecular weight is 250 g/mol. The highest BCUT2D eigenvalue weighted by Crippen LogP contribution is 2.20. The van der Waals surface area contributed by atoms with Gasteiger partial charge in [0.1, 0.15) is 0 Å². The number of ether oxygens (including phenoxy) is 1. The maximum Gasteiger partial charge on any atom is 0.515 e. The summed E-state index contributed by atoms with van der Waals surface area (Å²) < 4.78 is 15.7. The minimum Gasteiger partial charge on any atom is -0.464 e. The summed E-state index contributed by atoms with van der Waals surface area (Å²) in [6, 6.07) is 0. The lowest BCUT2D eigenvalue weighted by Gasteiger charge is -2.32. The molecule has 6 nitrogen and oxygen atoms in total. The van der Waals surface area contributed by atoms with Gasteiger partial charge in [-0.2, -0.15) is 0 Å². The highest BCUT2D eigenvalue weighted by atomic mass is 16.6. The van der Waals surface area contributed by atoms with Crippen LogP contribution in [0.15, 0.2) is 12.4 Å². The lowest BCUT2D eigenvalue weighted by Crippen LogP contribution is -2.48. The Bertz CT molecular complexity index is 442. The topological polar surface area (TPSA) is 70.5 Å². The van der Waals surface area contributed by atoms with E-state index >= 15 is 0 Å². The summed E-state index contributed by atoms with van der Waals surface area (Å²) in [6.07, 6.45) is 2.87. The number of nitrogens with zero attached hydrogens (tertiary/aromatic N) is 2. The molecule has 7 heteroatoms. The van der Waals surface area contributed by atoms with Crippen molar-refractivity contribution in [1.29, 1.82) is 0 Å². The quantitative estimate of drug-likeness (QED) is 0.544. The summed E-state index contributed by atoms with van der Waals surface area (Å²) >= 11 is 0. The van der Waals surface area contributed by atoms with E-state index in [-0.39, 0.29) is 11.1 Å². The van der Waals surface area contributed by atoms with Crippen molar-refractivity contribution >= 4 is 18.7 Å². The summed E-state index contributed by atoms with van der Waals surface area (Å²) in [5, 5.41) is 0. The molecule has 1 fully saturated rings. The number of rotatable bonds is 2. The molecular weight excluding hydrogens is 235 g/mol. The summed E-state index contributed by atoms with van der Waals surface area (Å²) in [6.45, 7) is 5.25. The van der Waals surface area contributed by atoms with E-state index in [1.54, 1.807) is 0 Å². The van der Waals surface area contributed by atoms with Crippen LogP contribution in [0.25, 0.3) is 0 Å². The van der Waals surface area contributed by atoms with Crippen molar-refractivity contribution in [1.82, 2.24) is 9.97 Å². The zero-order valence-electron chi connectivity index (χ0n) is 10.7. The van der Waals surface area contributed by atoms with Crippen molar-refractivity contribution in [2.75, 3.05) is 20.3 Å². The fourth-order valence-electron chi connectivity index (χ4n) is 1.56. The number of carbonyl (C=O) groups excluding carboxylic acids is 1. The number of esters is 1. The Morgan fingerprint density at radius 1 is 1.39 bits per heavy atom. The van der Waals surface area contributed by atoms with Gasteiger partial charge in [-0.25, -0.2) is 9.78 Å². The van der Waals surface area contributed by atoms with Crippen LogP contribution in [-0.4, -0.2) is 43.4 Å². The van der Waals surface area contributed by atoms with Crippen LogP contribution >= 0.6 is 0 Å². The Morgan fingerprint density at radius 3 is 2.67 bits per heavy atom. The highest BCUT2D eigenvalue weighted by Gasteiger charge is 2.35. The SMILES string of the molecule is COC(=O)c1cncc(B2OCC(C)(C)CO2)n1. The first-order valence-electron chi connectivity index (χ1n) is 5.65. The lowest BCUT2D eigenvalue weighted by molar-refractivity contribution is 0.0339. The third-order valence-corrected chi connectivity index (χ3v) is 2.54. The maximum absolute atomic E-state index is 11.3. The molecule has 2 rings (SSSR count).